The van der Waals surface area contributed by atoms with E-state index in [1.54, 1.807) is 6.08 Å². The number of aromatic nitrogens is 1. The summed E-state index contributed by atoms with van der Waals surface area (Å²) in [6.45, 7) is 6.16. The maximum absolute atomic E-state index is 8.12. The Kier molecular flexibility index (Phi) is 5.29. The first-order chi connectivity index (χ1) is 8.71. The van der Waals surface area contributed by atoms with Crippen molar-refractivity contribution in [1.82, 2.24) is 4.98 Å². The molecule has 0 saturated carbocycles. The predicted octanol–water partition coefficient (Wildman–Crippen LogP) is 2.52. The summed E-state index contributed by atoms with van der Waals surface area (Å²) < 4.78 is 5.36. The molecule has 0 bridgehead atoms. The van der Waals surface area contributed by atoms with Gasteiger partial charge in [-0.15, -0.1) is 0 Å². The zero-order chi connectivity index (χ0) is 13.4. The third-order valence-electron chi connectivity index (χ3n) is 2.17. The average Bonchev–Trinajstić information content (AvgIpc) is 2.37. The van der Waals surface area contributed by atoms with Crippen molar-refractivity contribution in [2.75, 3.05) is 6.61 Å². The monoisotopic (exact) mass is 243 g/mol. The minimum absolute atomic E-state index is 0.250. The van der Waals surface area contributed by atoms with Gasteiger partial charge in [0, 0.05) is 11.5 Å². The minimum atomic E-state index is 0.250. The number of fused-ring (bicyclic) bond motifs is 1. The second kappa shape index (κ2) is 6.99. The lowest BCUT2D eigenvalue weighted by Crippen LogP contribution is -1.95. The van der Waals surface area contributed by atoms with Crippen molar-refractivity contribution in [3.8, 4) is 5.88 Å². The van der Waals surface area contributed by atoms with Crippen LogP contribution in [-0.4, -0.2) is 17.7 Å². The lowest BCUT2D eigenvalue weighted by atomic mass is 10.1. The summed E-state index contributed by atoms with van der Waals surface area (Å²) in [5.41, 5.74) is 2.20. The van der Waals surface area contributed by atoms with Crippen LogP contribution in [-0.2, 0) is 9.59 Å². The van der Waals surface area contributed by atoms with Crippen molar-refractivity contribution in [2.45, 2.75) is 6.92 Å². The zero-order valence-electron chi connectivity index (χ0n) is 10.1. The number of benzene rings is 1. The molecule has 0 fully saturated rings. The molecule has 2 aromatic rings. The molecule has 0 unspecified atom stereocenters. The molecule has 1 heterocycles. The molecule has 0 spiro atoms. The van der Waals surface area contributed by atoms with E-state index in [2.05, 4.69) is 24.6 Å². The molecular weight excluding hydrogens is 230 g/mol. The Morgan fingerprint density at radius 3 is 2.72 bits per heavy atom. The maximum atomic E-state index is 8.12. The Morgan fingerprint density at radius 2 is 2.06 bits per heavy atom. The van der Waals surface area contributed by atoms with Crippen LogP contribution in [0.3, 0.4) is 0 Å². The van der Waals surface area contributed by atoms with Gasteiger partial charge in [0.1, 0.15) is 6.61 Å². The quantitative estimate of drug-likeness (QED) is 0.777. The number of ether oxygens (including phenoxy) is 1. The fraction of sp³-hybridized carbons (Fsp3) is 0.143. The number of aryl methyl sites for hydroxylation is 1. The van der Waals surface area contributed by atoms with Gasteiger partial charge in [-0.3, -0.25) is 0 Å². The summed E-state index contributed by atoms with van der Waals surface area (Å²) >= 11 is 0. The summed E-state index contributed by atoms with van der Waals surface area (Å²) in [5.74, 6) is 0.645. The smallest absolute Gasteiger partial charge is 0.373 e. The lowest BCUT2D eigenvalue weighted by molar-refractivity contribution is -0.191. The summed E-state index contributed by atoms with van der Waals surface area (Å²) in [6.07, 6.45) is 1.96. The number of carbonyl (C=O) groups excluding carboxylic acids is 2. The molecule has 0 radical (unpaired) electrons. The highest BCUT2D eigenvalue weighted by molar-refractivity contribution is 5.79. The molecule has 4 nitrogen and oxygen atoms in total. The molecule has 0 aliphatic rings. The first kappa shape index (κ1) is 13.6. The SMILES string of the molecule is C=CCOc1ccc2cc(C)ccc2n1.O=C=O. The van der Waals surface area contributed by atoms with E-state index in [-0.39, 0.29) is 6.15 Å². The van der Waals surface area contributed by atoms with Crippen LogP contribution in [0.4, 0.5) is 0 Å². The van der Waals surface area contributed by atoms with Crippen LogP contribution < -0.4 is 4.74 Å². The lowest BCUT2D eigenvalue weighted by Gasteiger charge is -2.04. The van der Waals surface area contributed by atoms with E-state index in [1.165, 1.54) is 5.56 Å². The fourth-order valence-corrected chi connectivity index (χ4v) is 1.45. The average molecular weight is 243 g/mol. The van der Waals surface area contributed by atoms with Crippen molar-refractivity contribution < 1.29 is 14.3 Å². The highest BCUT2D eigenvalue weighted by Crippen LogP contribution is 2.17. The molecule has 18 heavy (non-hydrogen) atoms. The van der Waals surface area contributed by atoms with Crippen molar-refractivity contribution in [3.05, 3.63) is 48.6 Å². The molecule has 92 valence electrons. The standard InChI is InChI=1S/C13H13NO.CO2/c1-3-8-15-13-7-5-11-9-10(2)4-6-12(11)14-13;2-1-3/h3-7,9H,1,8H2,2H3;. The Balaban J connectivity index is 0.000000492. The molecule has 0 amide bonds. The molecule has 1 aromatic carbocycles. The highest BCUT2D eigenvalue weighted by Gasteiger charge is 1.98. The van der Waals surface area contributed by atoms with Gasteiger partial charge in [-0.25, -0.2) is 4.98 Å². The molecule has 2 rings (SSSR count). The molecule has 0 N–H and O–H groups in total. The van der Waals surface area contributed by atoms with Crippen LogP contribution >= 0.6 is 0 Å². The number of rotatable bonds is 3. The van der Waals surface area contributed by atoms with Gasteiger partial charge in [-0.2, -0.15) is 9.59 Å². The van der Waals surface area contributed by atoms with Crippen LogP contribution in [0.2, 0.25) is 0 Å². The first-order valence-electron chi connectivity index (χ1n) is 5.31. The van der Waals surface area contributed by atoms with E-state index in [1.807, 2.05) is 24.3 Å². The van der Waals surface area contributed by atoms with Crippen LogP contribution in [0.15, 0.2) is 43.0 Å². The van der Waals surface area contributed by atoms with E-state index in [4.69, 9.17) is 14.3 Å². The zero-order valence-corrected chi connectivity index (χ0v) is 10.1. The van der Waals surface area contributed by atoms with E-state index < -0.39 is 0 Å². The Hall–Kier alpha value is -2.45. The van der Waals surface area contributed by atoms with Gasteiger partial charge in [-0.05, 0) is 25.1 Å². The Labute approximate surface area is 105 Å². The number of pyridine rings is 1. The molecule has 1 aromatic heterocycles. The van der Waals surface area contributed by atoms with Crippen molar-refractivity contribution >= 4 is 17.1 Å². The van der Waals surface area contributed by atoms with Gasteiger partial charge in [0.15, 0.2) is 0 Å². The largest absolute Gasteiger partial charge is 0.473 e. The summed E-state index contributed by atoms with van der Waals surface area (Å²) in [6, 6.07) is 10.1. The predicted molar refractivity (Wildman–Crippen MR) is 67.2 cm³/mol. The molecule has 0 aliphatic heterocycles. The first-order valence-corrected chi connectivity index (χ1v) is 5.31. The number of hydrogen-bond donors (Lipinski definition) is 0. The Bertz CT molecular complexity index is 572. The summed E-state index contributed by atoms with van der Waals surface area (Å²) in [4.78, 5) is 20.6. The van der Waals surface area contributed by atoms with Crippen molar-refractivity contribution in [2.24, 2.45) is 0 Å². The highest BCUT2D eigenvalue weighted by atomic mass is 16.5. The van der Waals surface area contributed by atoms with Crippen LogP contribution in [0, 0.1) is 6.92 Å². The van der Waals surface area contributed by atoms with Crippen molar-refractivity contribution in [3.63, 3.8) is 0 Å². The summed E-state index contributed by atoms with van der Waals surface area (Å²) in [7, 11) is 0. The second-order valence-corrected chi connectivity index (χ2v) is 3.53. The number of hydrogen-bond acceptors (Lipinski definition) is 4. The molecule has 0 aliphatic carbocycles. The van der Waals surface area contributed by atoms with Crippen LogP contribution in [0.5, 0.6) is 5.88 Å². The second-order valence-electron chi connectivity index (χ2n) is 3.53. The Morgan fingerprint density at radius 1 is 1.33 bits per heavy atom. The normalized spacial score (nSPS) is 8.94. The minimum Gasteiger partial charge on any atom is -0.473 e. The molecule has 4 heteroatoms. The number of nitrogens with zero attached hydrogens (tertiary/aromatic N) is 1. The van der Waals surface area contributed by atoms with E-state index in [0.29, 0.717) is 12.5 Å². The third-order valence-corrected chi connectivity index (χ3v) is 2.17. The van der Waals surface area contributed by atoms with E-state index >= 15 is 0 Å². The van der Waals surface area contributed by atoms with Gasteiger partial charge in [-0.1, -0.05) is 24.3 Å². The van der Waals surface area contributed by atoms with Gasteiger partial charge >= 0.3 is 6.15 Å². The molecule has 0 atom stereocenters. The van der Waals surface area contributed by atoms with Crippen molar-refractivity contribution in [1.29, 1.82) is 0 Å². The van der Waals surface area contributed by atoms with E-state index in [9.17, 15) is 0 Å². The molecular formula is C14H13NO3. The van der Waals surface area contributed by atoms with E-state index in [0.717, 1.165) is 10.9 Å². The van der Waals surface area contributed by atoms with Crippen LogP contribution in [0.25, 0.3) is 10.9 Å². The van der Waals surface area contributed by atoms with Gasteiger partial charge in [0.25, 0.3) is 0 Å². The topological polar surface area (TPSA) is 56.3 Å². The van der Waals surface area contributed by atoms with Gasteiger partial charge in [0.05, 0.1) is 5.52 Å². The molecule has 0 saturated heterocycles. The fourth-order valence-electron chi connectivity index (χ4n) is 1.45. The maximum Gasteiger partial charge on any atom is 0.373 e. The third kappa shape index (κ3) is 3.85. The van der Waals surface area contributed by atoms with Gasteiger partial charge in [0.2, 0.25) is 5.88 Å². The van der Waals surface area contributed by atoms with Gasteiger partial charge < -0.3 is 4.74 Å². The summed E-state index contributed by atoms with van der Waals surface area (Å²) in [5, 5.41) is 1.14. The van der Waals surface area contributed by atoms with Crippen LogP contribution in [0.1, 0.15) is 5.56 Å².